The van der Waals surface area contributed by atoms with E-state index in [-0.39, 0.29) is 5.91 Å². The van der Waals surface area contributed by atoms with Crippen LogP contribution >= 0.6 is 23.1 Å². The zero-order chi connectivity index (χ0) is 18.1. The molecule has 2 heterocycles. The van der Waals surface area contributed by atoms with Crippen LogP contribution in [0.25, 0.3) is 5.13 Å². The van der Waals surface area contributed by atoms with Crippen molar-refractivity contribution in [3.05, 3.63) is 46.2 Å². The maximum absolute atomic E-state index is 12.7. The number of hydrogen-bond acceptors (Lipinski definition) is 6. The third kappa shape index (κ3) is 3.14. The van der Waals surface area contributed by atoms with E-state index >= 15 is 0 Å². The average Bonchev–Trinajstić information content (AvgIpc) is 3.25. The Hall–Kier alpha value is -2.19. The first-order chi connectivity index (χ1) is 12.7. The van der Waals surface area contributed by atoms with Crippen LogP contribution in [0.4, 0.5) is 5.69 Å². The lowest BCUT2D eigenvalue weighted by molar-refractivity contribution is 0.102. The van der Waals surface area contributed by atoms with Gasteiger partial charge in [0.05, 0.1) is 17.1 Å². The molecule has 0 saturated carbocycles. The zero-order valence-corrected chi connectivity index (χ0v) is 16.3. The van der Waals surface area contributed by atoms with Gasteiger partial charge in [-0.25, -0.2) is 4.98 Å². The lowest BCUT2D eigenvalue weighted by atomic mass is 10.0. The van der Waals surface area contributed by atoms with E-state index in [1.54, 1.807) is 27.8 Å². The van der Waals surface area contributed by atoms with Gasteiger partial charge in [0.15, 0.2) is 5.69 Å². The fourth-order valence-corrected chi connectivity index (χ4v) is 4.78. The van der Waals surface area contributed by atoms with E-state index < -0.39 is 0 Å². The summed E-state index contributed by atoms with van der Waals surface area (Å²) in [6, 6.07) is 7.72. The Morgan fingerprint density at radius 3 is 2.88 bits per heavy atom. The molecule has 2 aromatic heterocycles. The number of nitrogens with zero attached hydrogens (tertiary/aromatic N) is 4. The first-order valence-corrected chi connectivity index (χ1v) is 10.6. The van der Waals surface area contributed by atoms with Crippen molar-refractivity contribution in [3.63, 3.8) is 0 Å². The quantitative estimate of drug-likeness (QED) is 0.690. The maximum Gasteiger partial charge on any atom is 0.278 e. The summed E-state index contributed by atoms with van der Waals surface area (Å²) in [6.45, 7) is 1.86. The van der Waals surface area contributed by atoms with Crippen LogP contribution < -0.4 is 5.32 Å². The van der Waals surface area contributed by atoms with Gasteiger partial charge < -0.3 is 5.32 Å². The number of amides is 1. The summed E-state index contributed by atoms with van der Waals surface area (Å²) in [5, 5.41) is 12.0. The number of carbonyl (C=O) groups excluding carboxylic acids is 1. The standard InChI is InChI=1S/C18H19N5OS2/c1-11-16(17(24)19-12-7-3-5-9-14(12)25-2)21-22-23(11)18-20-13-8-4-6-10-15(13)26-18/h3,5,7,9H,4,6,8,10H2,1-2H3,(H,19,24). The van der Waals surface area contributed by atoms with Crippen molar-refractivity contribution in [2.24, 2.45) is 0 Å². The molecule has 6 nitrogen and oxygen atoms in total. The number of benzene rings is 1. The van der Waals surface area contributed by atoms with Crippen LogP contribution in [0.3, 0.4) is 0 Å². The first kappa shape index (κ1) is 17.2. The molecule has 1 aliphatic carbocycles. The molecule has 0 bridgehead atoms. The summed E-state index contributed by atoms with van der Waals surface area (Å²) >= 11 is 3.24. The SMILES string of the molecule is CSc1ccccc1NC(=O)c1nnn(-c2nc3c(s2)CCCC3)c1C. The van der Waals surface area contributed by atoms with E-state index in [0.29, 0.717) is 11.4 Å². The topological polar surface area (TPSA) is 72.7 Å². The minimum absolute atomic E-state index is 0.253. The number of hydrogen-bond donors (Lipinski definition) is 1. The number of rotatable bonds is 4. The molecule has 0 saturated heterocycles. The Balaban J connectivity index is 1.61. The van der Waals surface area contributed by atoms with E-state index in [1.165, 1.54) is 23.4 Å². The van der Waals surface area contributed by atoms with Crippen molar-refractivity contribution < 1.29 is 4.79 Å². The molecule has 0 radical (unpaired) electrons. The predicted octanol–water partition coefficient (Wildman–Crippen LogP) is 3.89. The molecule has 1 amide bonds. The number of nitrogens with one attached hydrogen (secondary N) is 1. The van der Waals surface area contributed by atoms with Gasteiger partial charge in [-0.1, -0.05) is 28.7 Å². The Morgan fingerprint density at radius 2 is 2.08 bits per heavy atom. The third-order valence-corrected chi connectivity index (χ3v) is 6.41. The van der Waals surface area contributed by atoms with Crippen molar-refractivity contribution in [2.75, 3.05) is 11.6 Å². The fraction of sp³-hybridized carbons (Fsp3) is 0.333. The van der Waals surface area contributed by atoms with E-state index in [1.807, 2.05) is 37.4 Å². The van der Waals surface area contributed by atoms with Gasteiger partial charge in [-0.15, -0.1) is 16.9 Å². The van der Waals surface area contributed by atoms with Crippen molar-refractivity contribution >= 4 is 34.7 Å². The highest BCUT2D eigenvalue weighted by atomic mass is 32.2. The van der Waals surface area contributed by atoms with Crippen LogP contribution in [0, 0.1) is 6.92 Å². The van der Waals surface area contributed by atoms with Crippen LogP contribution in [-0.4, -0.2) is 32.1 Å². The molecule has 1 aromatic carbocycles. The van der Waals surface area contributed by atoms with Gasteiger partial charge in [0, 0.05) is 9.77 Å². The molecule has 8 heteroatoms. The number of carbonyl (C=O) groups is 1. The van der Waals surface area contributed by atoms with Gasteiger partial charge in [0.2, 0.25) is 5.13 Å². The number of thioether (sulfide) groups is 1. The Bertz CT molecular complexity index is 939. The largest absolute Gasteiger partial charge is 0.319 e. The Labute approximate surface area is 160 Å². The van der Waals surface area contributed by atoms with Crippen LogP contribution in [0.2, 0.25) is 0 Å². The monoisotopic (exact) mass is 385 g/mol. The summed E-state index contributed by atoms with van der Waals surface area (Å²) in [7, 11) is 0. The molecular weight excluding hydrogens is 366 g/mol. The number of aromatic nitrogens is 4. The van der Waals surface area contributed by atoms with Gasteiger partial charge in [-0.2, -0.15) is 4.68 Å². The normalized spacial score (nSPS) is 13.5. The summed E-state index contributed by atoms with van der Waals surface area (Å²) < 4.78 is 1.68. The molecule has 1 N–H and O–H groups in total. The average molecular weight is 386 g/mol. The summed E-state index contributed by atoms with van der Waals surface area (Å²) in [5.41, 5.74) is 2.99. The fourth-order valence-electron chi connectivity index (χ4n) is 3.08. The molecule has 134 valence electrons. The van der Waals surface area contributed by atoms with E-state index in [4.69, 9.17) is 4.98 Å². The van der Waals surface area contributed by atoms with Gasteiger partial charge in [-0.05, 0) is 51.0 Å². The molecule has 1 aliphatic rings. The molecule has 3 aromatic rings. The lowest BCUT2D eigenvalue weighted by Gasteiger charge is -2.08. The van der Waals surface area contributed by atoms with E-state index in [9.17, 15) is 4.79 Å². The second kappa shape index (κ2) is 7.20. The van der Waals surface area contributed by atoms with Crippen molar-refractivity contribution in [3.8, 4) is 5.13 Å². The zero-order valence-electron chi connectivity index (χ0n) is 14.7. The van der Waals surface area contributed by atoms with Crippen molar-refractivity contribution in [1.29, 1.82) is 0 Å². The minimum atomic E-state index is -0.253. The first-order valence-electron chi connectivity index (χ1n) is 8.53. The molecular formula is C18H19N5OS2. The van der Waals surface area contributed by atoms with E-state index in [0.717, 1.165) is 28.6 Å². The summed E-state index contributed by atoms with van der Waals surface area (Å²) in [6.07, 6.45) is 6.50. The summed E-state index contributed by atoms with van der Waals surface area (Å²) in [4.78, 5) is 19.7. The highest BCUT2D eigenvalue weighted by Gasteiger charge is 2.22. The van der Waals surface area contributed by atoms with Gasteiger partial charge >= 0.3 is 0 Å². The molecule has 4 rings (SSSR count). The maximum atomic E-state index is 12.7. The van der Waals surface area contributed by atoms with Crippen LogP contribution in [-0.2, 0) is 12.8 Å². The molecule has 0 fully saturated rings. The van der Waals surface area contributed by atoms with Gasteiger partial charge in [0.1, 0.15) is 0 Å². The number of thiazole rings is 1. The minimum Gasteiger partial charge on any atom is -0.319 e. The second-order valence-corrected chi connectivity index (χ2v) is 8.07. The smallest absolute Gasteiger partial charge is 0.278 e. The molecule has 0 aliphatic heterocycles. The summed E-state index contributed by atoms with van der Waals surface area (Å²) in [5.74, 6) is -0.253. The number of para-hydroxylation sites is 1. The number of aryl methyl sites for hydroxylation is 2. The Morgan fingerprint density at radius 1 is 1.27 bits per heavy atom. The number of anilines is 1. The highest BCUT2D eigenvalue weighted by molar-refractivity contribution is 7.98. The van der Waals surface area contributed by atoms with Gasteiger partial charge in [-0.3, -0.25) is 4.79 Å². The molecule has 0 unspecified atom stereocenters. The Kier molecular flexibility index (Phi) is 4.78. The highest BCUT2D eigenvalue weighted by Crippen LogP contribution is 2.29. The van der Waals surface area contributed by atoms with Gasteiger partial charge in [0.25, 0.3) is 5.91 Å². The predicted molar refractivity (Wildman–Crippen MR) is 105 cm³/mol. The molecule has 0 atom stereocenters. The third-order valence-electron chi connectivity index (χ3n) is 4.48. The van der Waals surface area contributed by atoms with Crippen LogP contribution in [0.15, 0.2) is 29.2 Å². The lowest BCUT2D eigenvalue weighted by Crippen LogP contribution is -2.14. The van der Waals surface area contributed by atoms with Crippen molar-refractivity contribution in [1.82, 2.24) is 20.0 Å². The van der Waals surface area contributed by atoms with Crippen molar-refractivity contribution in [2.45, 2.75) is 37.5 Å². The number of fused-ring (bicyclic) bond motifs is 1. The van der Waals surface area contributed by atoms with Crippen LogP contribution in [0.5, 0.6) is 0 Å². The van der Waals surface area contributed by atoms with Crippen LogP contribution in [0.1, 0.15) is 39.6 Å². The molecule has 26 heavy (non-hydrogen) atoms. The second-order valence-electron chi connectivity index (χ2n) is 6.16. The van der Waals surface area contributed by atoms with E-state index in [2.05, 4.69) is 15.6 Å². The molecule has 0 spiro atoms.